The molecule has 0 fully saturated rings. The van der Waals surface area contributed by atoms with Crippen molar-refractivity contribution in [2.24, 2.45) is 5.73 Å². The number of carboxylic acids is 1. The topological polar surface area (TPSA) is 83.6 Å². The summed E-state index contributed by atoms with van der Waals surface area (Å²) < 4.78 is 0. The number of likely N-dealkylation sites (N-methyl/N-ethyl adjacent to an activating group) is 1. The van der Waals surface area contributed by atoms with Crippen molar-refractivity contribution in [3.63, 3.8) is 0 Å². The van der Waals surface area contributed by atoms with Crippen LogP contribution in [0.3, 0.4) is 0 Å². The predicted octanol–water partition coefficient (Wildman–Crippen LogP) is 2.15. The largest absolute Gasteiger partial charge is 0.480 e. The number of rotatable bonds is 6. The first-order valence-corrected chi connectivity index (χ1v) is 7.79. The van der Waals surface area contributed by atoms with Crippen molar-refractivity contribution in [2.75, 3.05) is 7.05 Å². The molecule has 0 unspecified atom stereocenters. The zero-order chi connectivity index (χ0) is 17.7. The number of benzene rings is 2. The third-order valence-corrected chi connectivity index (χ3v) is 4.12. The molecule has 2 atom stereocenters. The molecule has 0 aliphatic carbocycles. The molecule has 2 aromatic carbocycles. The number of aliphatic carboxylic acids is 1. The van der Waals surface area contributed by atoms with Crippen LogP contribution >= 0.6 is 0 Å². The Morgan fingerprint density at radius 3 is 2.12 bits per heavy atom. The number of nitrogens with two attached hydrogens (primary N) is 1. The Morgan fingerprint density at radius 2 is 1.58 bits per heavy atom. The summed E-state index contributed by atoms with van der Waals surface area (Å²) in [4.78, 5) is 24.4. The molecule has 5 heteroatoms. The molecule has 2 aromatic rings. The van der Waals surface area contributed by atoms with Crippen molar-refractivity contribution in [1.29, 1.82) is 0 Å². The van der Waals surface area contributed by atoms with E-state index in [1.54, 1.807) is 0 Å². The van der Waals surface area contributed by atoms with Crippen LogP contribution in [0.15, 0.2) is 54.6 Å². The molecule has 3 N–H and O–H groups in total. The molecule has 5 nitrogen and oxygen atoms in total. The maximum Gasteiger partial charge on any atom is 0.326 e. The van der Waals surface area contributed by atoms with Crippen LogP contribution in [0.25, 0.3) is 11.1 Å². The molecule has 24 heavy (non-hydrogen) atoms. The van der Waals surface area contributed by atoms with Crippen molar-refractivity contribution in [1.82, 2.24) is 4.90 Å². The quantitative estimate of drug-likeness (QED) is 0.852. The number of hydrogen-bond acceptors (Lipinski definition) is 3. The molecule has 0 saturated carbocycles. The molecule has 126 valence electrons. The predicted molar refractivity (Wildman–Crippen MR) is 93.4 cm³/mol. The Bertz CT molecular complexity index is 698. The van der Waals surface area contributed by atoms with Crippen LogP contribution in [-0.4, -0.2) is 41.0 Å². The number of nitrogens with zero attached hydrogens (tertiary/aromatic N) is 1. The van der Waals surface area contributed by atoms with Crippen LogP contribution in [-0.2, 0) is 16.0 Å². The van der Waals surface area contributed by atoms with E-state index in [0.29, 0.717) is 6.42 Å². The second-order valence-electron chi connectivity index (χ2n) is 5.84. The second kappa shape index (κ2) is 7.75. The van der Waals surface area contributed by atoms with E-state index in [4.69, 9.17) is 10.8 Å². The highest BCUT2D eigenvalue weighted by Crippen LogP contribution is 2.19. The van der Waals surface area contributed by atoms with Gasteiger partial charge in [-0.25, -0.2) is 4.79 Å². The first-order chi connectivity index (χ1) is 11.4. The third-order valence-electron chi connectivity index (χ3n) is 4.12. The molecule has 0 saturated heterocycles. The molecule has 0 radical (unpaired) electrons. The van der Waals surface area contributed by atoms with Gasteiger partial charge in [-0.2, -0.15) is 0 Å². The van der Waals surface area contributed by atoms with Gasteiger partial charge in [0.2, 0.25) is 5.91 Å². The maximum atomic E-state index is 12.2. The van der Waals surface area contributed by atoms with Gasteiger partial charge >= 0.3 is 5.97 Å². The molecule has 0 heterocycles. The van der Waals surface area contributed by atoms with Crippen LogP contribution in [0.4, 0.5) is 0 Å². The maximum absolute atomic E-state index is 12.2. The summed E-state index contributed by atoms with van der Waals surface area (Å²) in [5.41, 5.74) is 9.11. The second-order valence-corrected chi connectivity index (χ2v) is 5.84. The van der Waals surface area contributed by atoms with E-state index < -0.39 is 18.1 Å². The summed E-state index contributed by atoms with van der Waals surface area (Å²) in [7, 11) is 1.46. The zero-order valence-electron chi connectivity index (χ0n) is 13.8. The first kappa shape index (κ1) is 17.7. The number of amides is 1. The number of hydrogen-bond donors (Lipinski definition) is 2. The minimum atomic E-state index is -1.05. The van der Waals surface area contributed by atoms with Crippen LogP contribution in [0.2, 0.25) is 0 Å². The van der Waals surface area contributed by atoms with Gasteiger partial charge in [0.25, 0.3) is 0 Å². The van der Waals surface area contributed by atoms with E-state index in [1.165, 1.54) is 18.9 Å². The van der Waals surface area contributed by atoms with E-state index in [1.807, 2.05) is 54.6 Å². The SMILES string of the molecule is C[C@@H](C(=O)O)N(C)C(=O)[C@@H](N)Cc1ccc(-c2ccccc2)cc1. The number of carbonyl (C=O) groups is 2. The van der Waals surface area contributed by atoms with E-state index in [0.717, 1.165) is 16.7 Å². The van der Waals surface area contributed by atoms with Crippen LogP contribution in [0, 0.1) is 0 Å². The summed E-state index contributed by atoms with van der Waals surface area (Å²) in [6.07, 6.45) is 0.366. The summed E-state index contributed by atoms with van der Waals surface area (Å²) in [5.74, 6) is -1.43. The van der Waals surface area contributed by atoms with Gasteiger partial charge in [-0.3, -0.25) is 4.79 Å². The Morgan fingerprint density at radius 1 is 1.04 bits per heavy atom. The Kier molecular flexibility index (Phi) is 5.71. The lowest BCUT2D eigenvalue weighted by atomic mass is 10.0. The molecule has 0 spiro atoms. The number of carbonyl (C=O) groups excluding carboxylic acids is 1. The fraction of sp³-hybridized carbons (Fsp3) is 0.263. The van der Waals surface area contributed by atoms with Gasteiger partial charge in [0, 0.05) is 7.05 Å². The average Bonchev–Trinajstić information content (AvgIpc) is 2.61. The molecule has 1 amide bonds. The molecule has 0 bridgehead atoms. The van der Waals surface area contributed by atoms with Crippen LogP contribution < -0.4 is 5.73 Å². The normalized spacial score (nSPS) is 13.1. The van der Waals surface area contributed by atoms with Crippen molar-refractivity contribution < 1.29 is 14.7 Å². The van der Waals surface area contributed by atoms with Gasteiger partial charge in [-0.1, -0.05) is 54.6 Å². The highest BCUT2D eigenvalue weighted by atomic mass is 16.4. The van der Waals surface area contributed by atoms with E-state index in [-0.39, 0.29) is 5.91 Å². The standard InChI is InChI=1S/C19H22N2O3/c1-13(19(23)24)21(2)18(22)17(20)12-14-8-10-16(11-9-14)15-6-4-3-5-7-15/h3-11,13,17H,12,20H2,1-2H3,(H,23,24)/t13-,17-/m0/s1. The monoisotopic (exact) mass is 326 g/mol. The lowest BCUT2D eigenvalue weighted by Gasteiger charge is -2.24. The first-order valence-electron chi connectivity index (χ1n) is 7.79. The van der Waals surface area contributed by atoms with Crippen molar-refractivity contribution in [3.8, 4) is 11.1 Å². The molecule has 0 aliphatic heterocycles. The summed E-state index contributed by atoms with van der Waals surface area (Å²) in [5, 5.41) is 8.98. The Labute approximate surface area is 141 Å². The molecule has 2 rings (SSSR count). The van der Waals surface area contributed by atoms with Gasteiger partial charge in [0.15, 0.2) is 0 Å². The zero-order valence-corrected chi connectivity index (χ0v) is 13.8. The van der Waals surface area contributed by atoms with E-state index in [2.05, 4.69) is 0 Å². The highest BCUT2D eigenvalue weighted by Gasteiger charge is 2.26. The summed E-state index contributed by atoms with van der Waals surface area (Å²) in [6.45, 7) is 1.46. The Balaban J connectivity index is 2.03. The van der Waals surface area contributed by atoms with E-state index in [9.17, 15) is 9.59 Å². The van der Waals surface area contributed by atoms with Crippen LogP contribution in [0.5, 0.6) is 0 Å². The third kappa shape index (κ3) is 4.20. The average molecular weight is 326 g/mol. The van der Waals surface area contributed by atoms with Crippen molar-refractivity contribution in [2.45, 2.75) is 25.4 Å². The summed E-state index contributed by atoms with van der Waals surface area (Å²) in [6, 6.07) is 16.2. The lowest BCUT2D eigenvalue weighted by Crippen LogP contribution is -2.49. The van der Waals surface area contributed by atoms with Gasteiger partial charge in [-0.15, -0.1) is 0 Å². The molecular weight excluding hydrogens is 304 g/mol. The summed E-state index contributed by atoms with van der Waals surface area (Å²) >= 11 is 0. The fourth-order valence-corrected chi connectivity index (χ4v) is 2.42. The van der Waals surface area contributed by atoms with Gasteiger partial charge in [0.1, 0.15) is 6.04 Å². The highest BCUT2D eigenvalue weighted by molar-refractivity contribution is 5.86. The van der Waals surface area contributed by atoms with Crippen LogP contribution in [0.1, 0.15) is 12.5 Å². The van der Waals surface area contributed by atoms with Crippen molar-refractivity contribution in [3.05, 3.63) is 60.2 Å². The molecular formula is C19H22N2O3. The smallest absolute Gasteiger partial charge is 0.326 e. The van der Waals surface area contributed by atoms with Gasteiger partial charge in [-0.05, 0) is 30.0 Å². The minimum Gasteiger partial charge on any atom is -0.480 e. The molecule has 0 aromatic heterocycles. The Hall–Kier alpha value is -2.66. The fourth-order valence-electron chi connectivity index (χ4n) is 2.42. The lowest BCUT2D eigenvalue weighted by molar-refractivity contribution is -0.148. The van der Waals surface area contributed by atoms with Gasteiger partial charge in [0.05, 0.1) is 6.04 Å². The van der Waals surface area contributed by atoms with E-state index >= 15 is 0 Å². The number of carboxylic acid groups (broad SMARTS) is 1. The minimum absolute atomic E-state index is 0.366. The molecule has 0 aliphatic rings. The van der Waals surface area contributed by atoms with Crippen molar-refractivity contribution >= 4 is 11.9 Å². The van der Waals surface area contributed by atoms with Gasteiger partial charge < -0.3 is 15.7 Å².